The molecule has 0 spiro atoms. The fourth-order valence-electron chi connectivity index (χ4n) is 3.86. The third-order valence-corrected chi connectivity index (χ3v) is 7.33. The Morgan fingerprint density at radius 3 is 2.00 bits per heavy atom. The Morgan fingerprint density at radius 2 is 1.47 bits per heavy atom. The lowest BCUT2D eigenvalue weighted by Crippen LogP contribution is -2.42. The molecule has 0 saturated carbocycles. The number of aliphatic hydroxyl groups is 1. The number of carbonyl (C=O) groups is 1. The van der Waals surface area contributed by atoms with E-state index in [1.54, 1.807) is 0 Å². The number of aromatic nitrogens is 1. The van der Waals surface area contributed by atoms with Crippen molar-refractivity contribution >= 4 is 49.4 Å². The lowest BCUT2D eigenvalue weighted by Gasteiger charge is -2.24. The highest BCUT2D eigenvalue weighted by atomic mass is 35.5. The van der Waals surface area contributed by atoms with Gasteiger partial charge in [-0.1, -0.05) is 48.0 Å². The highest BCUT2D eigenvalue weighted by Gasteiger charge is 2.29. The first kappa shape index (κ1) is 22.3. The van der Waals surface area contributed by atoms with Gasteiger partial charge in [0.05, 0.1) is 17.5 Å². The molecule has 1 heterocycles. The largest absolute Gasteiger partial charge is 0.480 e. The molecule has 4 rings (SSSR count). The molecule has 0 fully saturated rings. The Morgan fingerprint density at radius 1 is 0.938 bits per heavy atom. The molecule has 0 saturated heterocycles. The number of hydrogen-bond acceptors (Lipinski definition) is 4. The number of fused-ring (bicyclic) bond motifs is 3. The number of para-hydroxylation sites is 2. The van der Waals surface area contributed by atoms with Gasteiger partial charge in [-0.2, -0.15) is 4.31 Å². The third-order valence-electron chi connectivity index (χ3n) is 5.25. The molecule has 7 nitrogen and oxygen atoms in total. The zero-order chi connectivity index (χ0) is 22.9. The summed E-state index contributed by atoms with van der Waals surface area (Å²) in [5.41, 5.74) is 1.80. The molecule has 2 N–H and O–H groups in total. The quantitative estimate of drug-likeness (QED) is 0.408. The average Bonchev–Trinajstić information content (AvgIpc) is 3.07. The SMILES string of the molecule is O=C(O)CN(C[C@@H](O)Cn1c2ccccc2c2ccccc21)S(=O)(=O)c1ccc(Cl)cc1. The van der Waals surface area contributed by atoms with Gasteiger partial charge in [-0.05, 0) is 36.4 Å². The van der Waals surface area contributed by atoms with Crippen molar-refractivity contribution in [3.8, 4) is 0 Å². The summed E-state index contributed by atoms with van der Waals surface area (Å²) >= 11 is 5.84. The van der Waals surface area contributed by atoms with Crippen LogP contribution in [0.5, 0.6) is 0 Å². The van der Waals surface area contributed by atoms with Gasteiger partial charge < -0.3 is 14.8 Å². The lowest BCUT2D eigenvalue weighted by molar-refractivity contribution is -0.137. The van der Waals surface area contributed by atoms with E-state index in [0.717, 1.165) is 26.1 Å². The number of halogens is 1. The molecule has 4 aromatic rings. The van der Waals surface area contributed by atoms with Crippen molar-refractivity contribution in [1.29, 1.82) is 0 Å². The van der Waals surface area contributed by atoms with Crippen LogP contribution in [0.2, 0.25) is 5.02 Å². The van der Waals surface area contributed by atoms with Gasteiger partial charge in [-0.3, -0.25) is 4.79 Å². The second kappa shape index (κ2) is 8.91. The predicted molar refractivity (Wildman–Crippen MR) is 123 cm³/mol. The fraction of sp³-hybridized carbons (Fsp3) is 0.174. The van der Waals surface area contributed by atoms with Crippen LogP contribution >= 0.6 is 11.6 Å². The molecule has 3 aromatic carbocycles. The van der Waals surface area contributed by atoms with E-state index in [9.17, 15) is 23.4 Å². The monoisotopic (exact) mass is 472 g/mol. The zero-order valence-corrected chi connectivity index (χ0v) is 18.5. The van der Waals surface area contributed by atoms with Gasteiger partial charge in [0.15, 0.2) is 0 Å². The summed E-state index contributed by atoms with van der Waals surface area (Å²) in [6, 6.07) is 21.0. The highest BCUT2D eigenvalue weighted by Crippen LogP contribution is 2.29. The highest BCUT2D eigenvalue weighted by molar-refractivity contribution is 7.89. The molecule has 0 radical (unpaired) electrons. The number of aliphatic hydroxyl groups excluding tert-OH is 1. The Bertz CT molecular complexity index is 1330. The molecule has 0 bridgehead atoms. The van der Waals surface area contributed by atoms with Crippen LogP contribution in [0.25, 0.3) is 21.8 Å². The minimum absolute atomic E-state index is 0.0905. The van der Waals surface area contributed by atoms with Gasteiger partial charge in [0.1, 0.15) is 6.54 Å². The topological polar surface area (TPSA) is 99.8 Å². The van der Waals surface area contributed by atoms with Crippen molar-refractivity contribution in [3.63, 3.8) is 0 Å². The van der Waals surface area contributed by atoms with Crippen molar-refractivity contribution in [3.05, 3.63) is 77.8 Å². The molecule has 9 heteroatoms. The first-order valence-corrected chi connectivity index (χ1v) is 11.7. The van der Waals surface area contributed by atoms with Gasteiger partial charge in [0.2, 0.25) is 10.0 Å². The van der Waals surface area contributed by atoms with Gasteiger partial charge in [-0.15, -0.1) is 0 Å². The average molecular weight is 473 g/mol. The number of sulfonamides is 1. The normalized spacial score (nSPS) is 13.1. The van der Waals surface area contributed by atoms with Crippen LogP contribution in [0, 0.1) is 0 Å². The molecular formula is C23H21ClN2O5S. The van der Waals surface area contributed by atoms with Crippen LogP contribution in [0.3, 0.4) is 0 Å². The maximum absolute atomic E-state index is 13.0. The van der Waals surface area contributed by atoms with E-state index in [0.29, 0.717) is 5.02 Å². The Labute approximate surface area is 190 Å². The minimum Gasteiger partial charge on any atom is -0.480 e. The van der Waals surface area contributed by atoms with Gasteiger partial charge >= 0.3 is 5.97 Å². The van der Waals surface area contributed by atoms with Crippen LogP contribution in [-0.2, 0) is 21.4 Å². The number of rotatable bonds is 8. The van der Waals surface area contributed by atoms with Crippen LogP contribution in [0.15, 0.2) is 77.7 Å². The molecule has 0 aliphatic heterocycles. The number of hydrogen-bond donors (Lipinski definition) is 2. The lowest BCUT2D eigenvalue weighted by atomic mass is 10.2. The second-order valence-electron chi connectivity index (χ2n) is 7.44. The van der Waals surface area contributed by atoms with Gasteiger partial charge in [0.25, 0.3) is 0 Å². The molecule has 166 valence electrons. The molecule has 0 aliphatic carbocycles. The number of aliphatic carboxylic acids is 1. The maximum Gasteiger partial charge on any atom is 0.318 e. The number of benzene rings is 3. The van der Waals surface area contributed by atoms with E-state index in [4.69, 9.17) is 11.6 Å². The molecule has 32 heavy (non-hydrogen) atoms. The van der Waals surface area contributed by atoms with Crippen LogP contribution < -0.4 is 0 Å². The molecule has 0 amide bonds. The molecule has 0 unspecified atom stereocenters. The Hall–Kier alpha value is -2.91. The van der Waals surface area contributed by atoms with Crippen LogP contribution in [0.4, 0.5) is 0 Å². The maximum atomic E-state index is 13.0. The van der Waals surface area contributed by atoms with Crippen molar-refractivity contribution < 1.29 is 23.4 Å². The smallest absolute Gasteiger partial charge is 0.318 e. The van der Waals surface area contributed by atoms with Crippen molar-refractivity contribution in [2.24, 2.45) is 0 Å². The van der Waals surface area contributed by atoms with Crippen molar-refractivity contribution in [2.45, 2.75) is 17.5 Å². The van der Waals surface area contributed by atoms with E-state index in [2.05, 4.69) is 0 Å². The van der Waals surface area contributed by atoms with Gasteiger partial charge in [0, 0.05) is 33.4 Å². The zero-order valence-electron chi connectivity index (χ0n) is 16.9. The number of carboxylic acids is 1. The first-order valence-electron chi connectivity index (χ1n) is 9.89. The summed E-state index contributed by atoms with van der Waals surface area (Å²) in [5, 5.41) is 22.5. The van der Waals surface area contributed by atoms with E-state index < -0.39 is 28.6 Å². The van der Waals surface area contributed by atoms with E-state index >= 15 is 0 Å². The molecule has 1 aromatic heterocycles. The number of carboxylic acid groups (broad SMARTS) is 1. The van der Waals surface area contributed by atoms with Crippen LogP contribution in [0.1, 0.15) is 0 Å². The van der Waals surface area contributed by atoms with E-state index in [1.807, 2.05) is 53.1 Å². The first-order chi connectivity index (χ1) is 15.3. The second-order valence-corrected chi connectivity index (χ2v) is 9.82. The van der Waals surface area contributed by atoms with E-state index in [-0.39, 0.29) is 18.0 Å². The summed E-state index contributed by atoms with van der Waals surface area (Å²) in [6.07, 6.45) is -1.14. The third kappa shape index (κ3) is 4.35. The standard InChI is InChI=1S/C23H21ClN2O5S/c24-16-9-11-18(12-10-16)32(30,31)25(15-23(28)29)13-17(27)14-26-21-7-3-1-5-19(21)20-6-2-4-8-22(20)26/h1-12,17,27H,13-15H2,(H,28,29)/t17-/m1/s1. The van der Waals surface area contributed by atoms with Crippen molar-refractivity contribution in [2.75, 3.05) is 13.1 Å². The summed E-state index contributed by atoms with van der Waals surface area (Å²) in [5.74, 6) is -1.31. The summed E-state index contributed by atoms with van der Waals surface area (Å²) < 4.78 is 28.8. The van der Waals surface area contributed by atoms with Crippen LogP contribution in [-0.4, -0.2) is 52.7 Å². The number of nitrogens with zero attached hydrogens (tertiary/aromatic N) is 2. The fourth-order valence-corrected chi connectivity index (χ4v) is 5.41. The Kier molecular flexibility index (Phi) is 6.21. The Balaban J connectivity index is 1.65. The minimum atomic E-state index is -4.15. The van der Waals surface area contributed by atoms with E-state index in [1.165, 1.54) is 24.3 Å². The predicted octanol–water partition coefficient (Wildman–Crippen LogP) is 3.58. The summed E-state index contributed by atoms with van der Waals surface area (Å²) in [4.78, 5) is 11.3. The van der Waals surface area contributed by atoms with Crippen molar-refractivity contribution in [1.82, 2.24) is 8.87 Å². The van der Waals surface area contributed by atoms with Gasteiger partial charge in [-0.25, -0.2) is 8.42 Å². The molecule has 0 aliphatic rings. The molecular weight excluding hydrogens is 452 g/mol. The molecule has 1 atom stereocenters. The summed E-state index contributed by atoms with van der Waals surface area (Å²) in [7, 11) is -4.15. The summed E-state index contributed by atoms with van der Waals surface area (Å²) in [6.45, 7) is -1.05.